The van der Waals surface area contributed by atoms with Crippen LogP contribution in [-0.4, -0.2) is 108 Å². The zero-order chi connectivity index (χ0) is 17.2. The molecule has 22 heavy (non-hydrogen) atoms. The number of nitrogens with zero attached hydrogens (tertiary/aromatic N) is 1. The summed E-state index contributed by atoms with van der Waals surface area (Å²) in [5, 5.41) is 49.5. The second-order valence-electron chi connectivity index (χ2n) is 5.13. The minimum absolute atomic E-state index is 0.0550. The molecule has 7 N–H and O–H groups in total. The van der Waals surface area contributed by atoms with Gasteiger partial charge in [0.15, 0.2) is 0 Å². The third-order valence-corrected chi connectivity index (χ3v) is 2.52. The van der Waals surface area contributed by atoms with E-state index in [4.69, 9.17) is 25.5 Å². The lowest BCUT2D eigenvalue weighted by atomic mass is 10.3. The van der Waals surface area contributed by atoms with Crippen LogP contribution in [0.5, 0.6) is 0 Å². The fourth-order valence-electron chi connectivity index (χ4n) is 1.73. The fraction of sp³-hybridized carbons (Fsp3) is 1.00. The van der Waals surface area contributed by atoms with Crippen molar-refractivity contribution in [3.8, 4) is 0 Å². The summed E-state index contributed by atoms with van der Waals surface area (Å²) in [5.74, 6) is 0. The van der Waals surface area contributed by atoms with Gasteiger partial charge in [-0.25, -0.2) is 0 Å². The van der Waals surface area contributed by atoms with Gasteiger partial charge < -0.3 is 36.2 Å². The molecule has 0 heterocycles. The van der Waals surface area contributed by atoms with Crippen molar-refractivity contribution in [1.29, 1.82) is 0 Å². The fourth-order valence-corrected chi connectivity index (χ4v) is 1.73. The Kier molecular flexibility index (Phi) is 20.4. The Morgan fingerprint density at radius 3 is 1.41 bits per heavy atom. The molecule has 0 rings (SSSR count). The topological polar surface area (TPSA) is 128 Å². The van der Waals surface area contributed by atoms with Crippen LogP contribution in [0.15, 0.2) is 0 Å². The Morgan fingerprint density at radius 1 is 0.727 bits per heavy atom. The number of aliphatic hydroxyl groups excluding tert-OH is 5. The highest BCUT2D eigenvalue weighted by atomic mass is 16.3. The molecular formula is C14H35N3O5. The molecule has 136 valence electrons. The smallest absolute Gasteiger partial charge is 0.0639 e. The lowest BCUT2D eigenvalue weighted by Gasteiger charge is -2.23. The second kappa shape index (κ2) is 18.7. The first-order chi connectivity index (χ1) is 10.5. The van der Waals surface area contributed by atoms with E-state index in [2.05, 4.69) is 10.6 Å². The molecule has 0 aromatic heterocycles. The summed E-state index contributed by atoms with van der Waals surface area (Å²) in [5.41, 5.74) is 0. The number of rotatable bonds is 13. The van der Waals surface area contributed by atoms with Crippen LogP contribution in [0.2, 0.25) is 0 Å². The van der Waals surface area contributed by atoms with Crippen molar-refractivity contribution in [3.63, 3.8) is 0 Å². The van der Waals surface area contributed by atoms with Crippen molar-refractivity contribution in [2.45, 2.75) is 26.1 Å². The van der Waals surface area contributed by atoms with Crippen LogP contribution in [0.3, 0.4) is 0 Å². The van der Waals surface area contributed by atoms with Crippen LogP contribution < -0.4 is 10.6 Å². The maximum Gasteiger partial charge on any atom is 0.0639 e. The lowest BCUT2D eigenvalue weighted by molar-refractivity contribution is 0.0725. The Labute approximate surface area is 133 Å². The minimum atomic E-state index is -0.421. The van der Waals surface area contributed by atoms with Crippen LogP contribution in [0.4, 0.5) is 0 Å². The highest BCUT2D eigenvalue weighted by Crippen LogP contribution is 1.94. The highest BCUT2D eigenvalue weighted by molar-refractivity contribution is 4.63. The summed E-state index contributed by atoms with van der Waals surface area (Å²) in [7, 11) is 0. The van der Waals surface area contributed by atoms with Gasteiger partial charge in [0.05, 0.1) is 32.0 Å². The lowest BCUT2D eigenvalue weighted by Crippen LogP contribution is -2.38. The number of hydrogen-bond acceptors (Lipinski definition) is 8. The molecule has 0 aliphatic rings. The van der Waals surface area contributed by atoms with Gasteiger partial charge in [0.25, 0.3) is 0 Å². The molecule has 8 nitrogen and oxygen atoms in total. The molecule has 0 radical (unpaired) electrons. The molecule has 0 spiro atoms. The maximum absolute atomic E-state index is 9.06. The normalized spacial score (nSPS) is 13.6. The average molecular weight is 325 g/mol. The van der Waals surface area contributed by atoms with Gasteiger partial charge >= 0.3 is 0 Å². The van der Waals surface area contributed by atoms with Gasteiger partial charge in [0, 0.05) is 45.8 Å². The largest absolute Gasteiger partial charge is 0.395 e. The monoisotopic (exact) mass is 325 g/mol. The molecule has 2 atom stereocenters. The van der Waals surface area contributed by atoms with E-state index >= 15 is 0 Å². The van der Waals surface area contributed by atoms with Crippen molar-refractivity contribution in [2.75, 3.05) is 65.6 Å². The van der Waals surface area contributed by atoms with Crippen LogP contribution in [0.25, 0.3) is 0 Å². The van der Waals surface area contributed by atoms with Gasteiger partial charge in [-0.3, -0.25) is 4.90 Å². The van der Waals surface area contributed by atoms with Crippen molar-refractivity contribution >= 4 is 0 Å². The molecule has 0 amide bonds. The Morgan fingerprint density at radius 2 is 1.14 bits per heavy atom. The zero-order valence-corrected chi connectivity index (χ0v) is 13.9. The first-order valence-corrected chi connectivity index (χ1v) is 7.80. The Hall–Kier alpha value is -0.320. The van der Waals surface area contributed by atoms with E-state index in [1.54, 1.807) is 13.8 Å². The molecule has 0 fully saturated rings. The molecule has 0 bridgehead atoms. The molecular weight excluding hydrogens is 290 g/mol. The first-order valence-electron chi connectivity index (χ1n) is 7.80. The molecule has 2 unspecified atom stereocenters. The molecule has 0 aromatic rings. The minimum Gasteiger partial charge on any atom is -0.395 e. The van der Waals surface area contributed by atoms with Crippen LogP contribution in [0.1, 0.15) is 13.8 Å². The van der Waals surface area contributed by atoms with E-state index < -0.39 is 12.2 Å². The van der Waals surface area contributed by atoms with Crippen molar-refractivity contribution in [1.82, 2.24) is 15.5 Å². The summed E-state index contributed by atoms with van der Waals surface area (Å²) < 4.78 is 0. The Balaban J connectivity index is 0. The summed E-state index contributed by atoms with van der Waals surface area (Å²) >= 11 is 0. The SMILES string of the molecule is CC(O)CN(CCO)CC(C)O.OCCNCCNCCO. The predicted octanol–water partition coefficient (Wildman–Crippen LogP) is -2.81. The van der Waals surface area contributed by atoms with Gasteiger partial charge in [-0.2, -0.15) is 0 Å². The maximum atomic E-state index is 9.06. The molecule has 0 saturated carbocycles. The molecule has 0 saturated heterocycles. The van der Waals surface area contributed by atoms with Gasteiger partial charge in [-0.05, 0) is 13.8 Å². The quantitative estimate of drug-likeness (QED) is 0.181. The zero-order valence-electron chi connectivity index (χ0n) is 13.9. The van der Waals surface area contributed by atoms with Crippen LogP contribution in [-0.2, 0) is 0 Å². The van der Waals surface area contributed by atoms with Crippen molar-refractivity contribution < 1.29 is 25.5 Å². The van der Waals surface area contributed by atoms with Crippen molar-refractivity contribution in [3.05, 3.63) is 0 Å². The summed E-state index contributed by atoms with van der Waals surface area (Å²) in [6.45, 7) is 8.22. The molecule has 8 heteroatoms. The van der Waals surface area contributed by atoms with E-state index in [0.717, 1.165) is 13.1 Å². The standard InChI is InChI=1S/C8H19NO3.C6H16N2O2/c1-7(11)5-9(3-4-10)6-8(2)12;9-5-3-7-1-2-8-4-6-10/h7-8,10-12H,3-6H2,1-2H3;7-10H,1-6H2. The van der Waals surface area contributed by atoms with Crippen LogP contribution in [0, 0.1) is 0 Å². The van der Waals surface area contributed by atoms with E-state index in [9.17, 15) is 0 Å². The summed E-state index contributed by atoms with van der Waals surface area (Å²) in [6.07, 6.45) is -0.842. The van der Waals surface area contributed by atoms with Crippen LogP contribution >= 0.6 is 0 Å². The van der Waals surface area contributed by atoms with Gasteiger partial charge in [0.1, 0.15) is 0 Å². The number of nitrogens with one attached hydrogen (secondary N) is 2. The highest BCUT2D eigenvalue weighted by Gasteiger charge is 2.09. The third-order valence-electron chi connectivity index (χ3n) is 2.52. The van der Waals surface area contributed by atoms with Gasteiger partial charge in [-0.15, -0.1) is 0 Å². The van der Waals surface area contributed by atoms with E-state index in [0.29, 0.717) is 32.7 Å². The molecule has 0 aromatic carbocycles. The predicted molar refractivity (Wildman–Crippen MR) is 86.8 cm³/mol. The Bertz CT molecular complexity index is 191. The summed E-state index contributed by atoms with van der Waals surface area (Å²) in [4.78, 5) is 1.83. The van der Waals surface area contributed by atoms with Crippen molar-refractivity contribution in [2.24, 2.45) is 0 Å². The van der Waals surface area contributed by atoms with E-state index in [1.165, 1.54) is 0 Å². The molecule has 0 aliphatic carbocycles. The summed E-state index contributed by atoms with van der Waals surface area (Å²) in [6, 6.07) is 0. The third kappa shape index (κ3) is 22.0. The number of aliphatic hydroxyl groups is 5. The molecule has 0 aliphatic heterocycles. The average Bonchev–Trinajstić information content (AvgIpc) is 2.42. The van der Waals surface area contributed by atoms with E-state index in [-0.39, 0.29) is 19.8 Å². The van der Waals surface area contributed by atoms with Gasteiger partial charge in [-0.1, -0.05) is 0 Å². The van der Waals surface area contributed by atoms with E-state index in [1.807, 2.05) is 4.90 Å². The van der Waals surface area contributed by atoms with Gasteiger partial charge in [0.2, 0.25) is 0 Å². The first kappa shape index (κ1) is 23.9. The second-order valence-corrected chi connectivity index (χ2v) is 5.13. The number of hydrogen-bond donors (Lipinski definition) is 7.